The zero-order valence-electron chi connectivity index (χ0n) is 14.0. The van der Waals surface area contributed by atoms with E-state index in [1.165, 1.54) is 25.3 Å². The normalized spacial score (nSPS) is 28.0. The molecule has 4 atom stereocenters. The minimum atomic E-state index is -0.683. The van der Waals surface area contributed by atoms with Crippen molar-refractivity contribution in [2.75, 3.05) is 7.11 Å². The Morgan fingerprint density at radius 3 is 2.76 bits per heavy atom. The van der Waals surface area contributed by atoms with Crippen LogP contribution in [0, 0.1) is 24.1 Å². The third-order valence-corrected chi connectivity index (χ3v) is 5.08. The number of carbonyl (C=O) groups excluding carboxylic acids is 2. The first-order valence-corrected chi connectivity index (χ1v) is 8.34. The van der Waals surface area contributed by atoms with Gasteiger partial charge in [0.15, 0.2) is 0 Å². The Hall–Kier alpha value is -2.55. The van der Waals surface area contributed by atoms with Gasteiger partial charge in [-0.05, 0) is 37.8 Å². The van der Waals surface area contributed by atoms with Gasteiger partial charge in [0, 0.05) is 12.0 Å². The number of carbonyl (C=O) groups is 2. The van der Waals surface area contributed by atoms with Crippen molar-refractivity contribution in [2.45, 2.75) is 43.9 Å². The molecule has 1 saturated heterocycles. The van der Waals surface area contributed by atoms with Crippen molar-refractivity contribution in [3.8, 4) is 12.3 Å². The van der Waals surface area contributed by atoms with Crippen molar-refractivity contribution in [3.05, 3.63) is 35.6 Å². The number of ether oxygens (including phenoxy) is 2. The Morgan fingerprint density at radius 2 is 2.08 bits per heavy atom. The number of likely N-dealkylation sites (tertiary alicyclic amines) is 1. The number of halogens is 1. The van der Waals surface area contributed by atoms with Crippen LogP contribution in [0.15, 0.2) is 24.3 Å². The molecule has 1 aliphatic carbocycles. The number of amides is 1. The molecule has 1 saturated carbocycles. The van der Waals surface area contributed by atoms with Crippen LogP contribution < -0.4 is 0 Å². The van der Waals surface area contributed by atoms with Gasteiger partial charge in [-0.1, -0.05) is 18.1 Å². The monoisotopic (exact) mass is 345 g/mol. The molecule has 0 bridgehead atoms. The molecule has 3 rings (SSSR count). The Kier molecular flexibility index (Phi) is 4.93. The lowest BCUT2D eigenvalue weighted by molar-refractivity contribution is -0.00765. The summed E-state index contributed by atoms with van der Waals surface area (Å²) in [5.74, 6) is 1.27. The van der Waals surface area contributed by atoms with E-state index in [1.54, 1.807) is 11.0 Å². The van der Waals surface area contributed by atoms with Gasteiger partial charge in [-0.25, -0.2) is 14.0 Å². The van der Waals surface area contributed by atoms with Crippen LogP contribution in [-0.2, 0) is 9.47 Å². The third-order valence-electron chi connectivity index (χ3n) is 5.08. The summed E-state index contributed by atoms with van der Waals surface area (Å²) in [6.45, 7) is 0. The Morgan fingerprint density at radius 1 is 1.32 bits per heavy atom. The molecule has 1 amide bonds. The topological polar surface area (TPSA) is 55.8 Å². The molecule has 0 radical (unpaired) electrons. The summed E-state index contributed by atoms with van der Waals surface area (Å²) in [6.07, 6.45) is 7.52. The van der Waals surface area contributed by atoms with Gasteiger partial charge >= 0.3 is 12.1 Å². The van der Waals surface area contributed by atoms with E-state index in [-0.39, 0.29) is 23.6 Å². The van der Waals surface area contributed by atoms with E-state index in [9.17, 15) is 14.0 Å². The molecule has 1 unspecified atom stereocenters. The first kappa shape index (κ1) is 17.3. The molecule has 132 valence electrons. The third kappa shape index (κ3) is 3.19. The van der Waals surface area contributed by atoms with Crippen molar-refractivity contribution in [1.82, 2.24) is 4.90 Å². The van der Waals surface area contributed by atoms with Crippen LogP contribution in [0.4, 0.5) is 9.18 Å². The van der Waals surface area contributed by atoms with Gasteiger partial charge in [0.25, 0.3) is 0 Å². The first-order chi connectivity index (χ1) is 12.1. The molecule has 0 N–H and O–H groups in total. The van der Waals surface area contributed by atoms with Gasteiger partial charge in [-0.15, -0.1) is 6.42 Å². The molecule has 25 heavy (non-hydrogen) atoms. The number of hydrogen-bond acceptors (Lipinski definition) is 4. The zero-order chi connectivity index (χ0) is 18.0. The summed E-state index contributed by atoms with van der Waals surface area (Å²) >= 11 is 0. The Labute approximate surface area is 146 Å². The molecule has 2 aliphatic rings. The molecule has 2 fully saturated rings. The first-order valence-electron chi connectivity index (χ1n) is 8.34. The summed E-state index contributed by atoms with van der Waals surface area (Å²) in [4.78, 5) is 26.0. The number of methoxy groups -OCH3 is 1. The minimum absolute atomic E-state index is 0.0652. The van der Waals surface area contributed by atoms with Gasteiger partial charge in [0.2, 0.25) is 0 Å². The largest absolute Gasteiger partial charge is 0.458 e. The highest BCUT2D eigenvalue weighted by molar-refractivity contribution is 5.89. The highest BCUT2D eigenvalue weighted by Crippen LogP contribution is 2.41. The van der Waals surface area contributed by atoms with E-state index in [0.717, 1.165) is 12.8 Å². The number of hydrogen-bond donors (Lipinski definition) is 0. The standard InChI is InChI=1S/C19H20FNO4/c1-3-12-11-14-16(21(12)19(23)24-2)9-6-10-17(14)25-18(22)13-7-4-5-8-15(13)20/h1,4-5,7-8,12,14,16-17H,6,9-11H2,2H3/t12?,14-,16-,17+/m1/s1. The average molecular weight is 345 g/mol. The lowest BCUT2D eigenvalue weighted by atomic mass is 9.82. The van der Waals surface area contributed by atoms with Crippen molar-refractivity contribution < 1.29 is 23.5 Å². The van der Waals surface area contributed by atoms with Gasteiger partial charge in [-0.3, -0.25) is 4.90 Å². The lowest BCUT2D eigenvalue weighted by Gasteiger charge is -2.36. The molecule has 0 spiro atoms. The van der Waals surface area contributed by atoms with Gasteiger partial charge in [0.1, 0.15) is 11.9 Å². The highest BCUT2D eigenvalue weighted by Gasteiger charge is 2.49. The van der Waals surface area contributed by atoms with Crippen molar-refractivity contribution in [2.24, 2.45) is 5.92 Å². The van der Waals surface area contributed by atoms with E-state index in [4.69, 9.17) is 15.9 Å². The maximum atomic E-state index is 13.8. The van der Waals surface area contributed by atoms with Crippen LogP contribution in [0.1, 0.15) is 36.0 Å². The number of nitrogens with zero attached hydrogens (tertiary/aromatic N) is 1. The molecular formula is C19H20FNO4. The minimum Gasteiger partial charge on any atom is -0.458 e. The van der Waals surface area contributed by atoms with Crippen molar-refractivity contribution in [1.29, 1.82) is 0 Å². The number of benzene rings is 1. The van der Waals surface area contributed by atoms with E-state index >= 15 is 0 Å². The van der Waals surface area contributed by atoms with Crippen molar-refractivity contribution >= 4 is 12.1 Å². The quantitative estimate of drug-likeness (QED) is 0.611. The summed E-state index contributed by atoms with van der Waals surface area (Å²) in [5, 5.41) is 0. The second-order valence-electron chi connectivity index (χ2n) is 6.38. The summed E-state index contributed by atoms with van der Waals surface area (Å²) in [7, 11) is 1.32. The Bertz CT molecular complexity index is 714. The Balaban J connectivity index is 1.78. The predicted molar refractivity (Wildman–Crippen MR) is 88.2 cm³/mol. The molecule has 1 aromatic rings. The van der Waals surface area contributed by atoms with Crippen LogP contribution in [-0.4, -0.2) is 42.3 Å². The summed E-state index contributed by atoms with van der Waals surface area (Å²) < 4.78 is 24.2. The molecule has 5 nitrogen and oxygen atoms in total. The fourth-order valence-corrected chi connectivity index (χ4v) is 3.95. The summed E-state index contributed by atoms with van der Waals surface area (Å²) in [5.41, 5.74) is -0.0825. The average Bonchev–Trinajstić information content (AvgIpc) is 3.01. The smallest absolute Gasteiger partial charge is 0.410 e. The predicted octanol–water partition coefficient (Wildman–Crippen LogP) is 2.99. The second kappa shape index (κ2) is 7.14. The van der Waals surface area contributed by atoms with Gasteiger partial charge in [0.05, 0.1) is 18.7 Å². The number of fused-ring (bicyclic) bond motifs is 1. The molecule has 1 aliphatic heterocycles. The van der Waals surface area contributed by atoms with E-state index in [2.05, 4.69) is 5.92 Å². The zero-order valence-corrected chi connectivity index (χ0v) is 14.0. The molecular weight excluding hydrogens is 325 g/mol. The number of esters is 1. The van der Waals surface area contributed by atoms with Gasteiger partial charge in [-0.2, -0.15) is 0 Å². The molecule has 0 aromatic heterocycles. The van der Waals surface area contributed by atoms with Gasteiger partial charge < -0.3 is 9.47 Å². The van der Waals surface area contributed by atoms with Crippen LogP contribution in [0.5, 0.6) is 0 Å². The van der Waals surface area contributed by atoms with E-state index in [0.29, 0.717) is 12.8 Å². The van der Waals surface area contributed by atoms with Crippen molar-refractivity contribution in [3.63, 3.8) is 0 Å². The molecule has 1 heterocycles. The molecule has 6 heteroatoms. The van der Waals surface area contributed by atoms with Crippen LogP contribution >= 0.6 is 0 Å². The fraction of sp³-hybridized carbons (Fsp3) is 0.474. The van der Waals surface area contributed by atoms with E-state index < -0.39 is 24.0 Å². The molecule has 1 aromatic carbocycles. The number of rotatable bonds is 2. The maximum Gasteiger partial charge on any atom is 0.410 e. The highest BCUT2D eigenvalue weighted by atomic mass is 19.1. The SMILES string of the molecule is C#CC1C[C@H]2[C@@H](OC(=O)c3ccccc3F)CCC[C@H]2N1C(=O)OC. The summed E-state index contributed by atoms with van der Waals surface area (Å²) in [6, 6.07) is 5.23. The van der Waals surface area contributed by atoms with Crippen LogP contribution in [0.2, 0.25) is 0 Å². The van der Waals surface area contributed by atoms with Crippen LogP contribution in [0.25, 0.3) is 0 Å². The maximum absolute atomic E-state index is 13.8. The van der Waals surface area contributed by atoms with Crippen LogP contribution in [0.3, 0.4) is 0 Å². The fourth-order valence-electron chi connectivity index (χ4n) is 3.95. The lowest BCUT2D eigenvalue weighted by Crippen LogP contribution is -2.46. The number of terminal acetylenes is 1. The second-order valence-corrected chi connectivity index (χ2v) is 6.38. The van der Waals surface area contributed by atoms with E-state index in [1.807, 2.05) is 0 Å².